The quantitative estimate of drug-likeness (QED) is 0.571. The van der Waals surface area contributed by atoms with Crippen LogP contribution in [0.1, 0.15) is 40.5 Å². The molecule has 4 nitrogen and oxygen atoms in total. The van der Waals surface area contributed by atoms with E-state index in [1.165, 1.54) is 0 Å². The number of esters is 2. The van der Waals surface area contributed by atoms with Crippen LogP contribution < -0.4 is 0 Å². The molecule has 0 radical (unpaired) electrons. The first kappa shape index (κ1) is 14.7. The topological polar surface area (TPSA) is 52.6 Å². The van der Waals surface area contributed by atoms with Gasteiger partial charge in [-0.25, -0.2) is 0 Å². The van der Waals surface area contributed by atoms with Crippen molar-refractivity contribution in [3.05, 3.63) is 12.2 Å². The molecule has 0 heterocycles. The summed E-state index contributed by atoms with van der Waals surface area (Å²) in [4.78, 5) is 23.9. The van der Waals surface area contributed by atoms with Gasteiger partial charge in [0.15, 0.2) is 0 Å². The molecule has 1 aliphatic carbocycles. The summed E-state index contributed by atoms with van der Waals surface area (Å²) in [5.41, 5.74) is 0. The van der Waals surface area contributed by atoms with Crippen molar-refractivity contribution < 1.29 is 19.1 Å². The summed E-state index contributed by atoms with van der Waals surface area (Å²) in [5, 5.41) is 0. The molecule has 0 N–H and O–H groups in total. The molecule has 0 amide bonds. The molecule has 0 fully saturated rings. The number of hydrogen-bond donors (Lipinski definition) is 0. The highest BCUT2D eigenvalue weighted by atomic mass is 16.6. The molecule has 0 bridgehead atoms. The van der Waals surface area contributed by atoms with Gasteiger partial charge in [0.1, 0.15) is 0 Å². The van der Waals surface area contributed by atoms with Gasteiger partial charge in [-0.15, -0.1) is 0 Å². The fourth-order valence-corrected chi connectivity index (χ4v) is 1.97. The first-order valence-electron chi connectivity index (χ1n) is 6.47. The van der Waals surface area contributed by atoms with Crippen LogP contribution in [0.2, 0.25) is 0 Å². The van der Waals surface area contributed by atoms with Crippen molar-refractivity contribution in [2.24, 2.45) is 11.8 Å². The summed E-state index contributed by atoms with van der Waals surface area (Å²) in [6.45, 7) is 7.21. The van der Waals surface area contributed by atoms with Crippen LogP contribution in [-0.4, -0.2) is 24.1 Å². The third-order valence-electron chi connectivity index (χ3n) is 2.74. The molecule has 1 aliphatic rings. The molecule has 0 unspecified atom stereocenters. The fraction of sp³-hybridized carbons (Fsp3) is 0.714. The Balaban J connectivity index is 2.71. The van der Waals surface area contributed by atoms with E-state index in [1.807, 2.05) is 12.2 Å². The number of carbonyl (C=O) groups is 2. The molecule has 4 heteroatoms. The van der Waals surface area contributed by atoms with E-state index in [-0.39, 0.29) is 24.1 Å². The molecule has 0 aromatic rings. The third-order valence-corrected chi connectivity index (χ3v) is 2.74. The molecule has 18 heavy (non-hydrogen) atoms. The number of hydrogen-bond acceptors (Lipinski definition) is 4. The van der Waals surface area contributed by atoms with Crippen LogP contribution in [0.5, 0.6) is 0 Å². The second-order valence-electron chi connectivity index (χ2n) is 5.13. The second kappa shape index (κ2) is 6.57. The van der Waals surface area contributed by atoms with Crippen LogP contribution in [0.3, 0.4) is 0 Å². The first-order valence-corrected chi connectivity index (χ1v) is 6.47. The lowest BCUT2D eigenvalue weighted by Gasteiger charge is -2.26. The monoisotopic (exact) mass is 254 g/mol. The Hall–Kier alpha value is -1.32. The molecular weight excluding hydrogens is 232 g/mol. The van der Waals surface area contributed by atoms with Gasteiger partial charge >= 0.3 is 11.9 Å². The third kappa shape index (κ3) is 4.17. The van der Waals surface area contributed by atoms with Crippen LogP contribution in [0.4, 0.5) is 0 Å². The van der Waals surface area contributed by atoms with Crippen molar-refractivity contribution in [1.29, 1.82) is 0 Å². The van der Waals surface area contributed by atoms with Gasteiger partial charge < -0.3 is 9.47 Å². The Morgan fingerprint density at radius 2 is 1.22 bits per heavy atom. The SMILES string of the molecule is CC(C)OC(=O)[C@H]1CC=CC[C@H]1C(=O)OC(C)C. The highest BCUT2D eigenvalue weighted by Gasteiger charge is 2.36. The highest BCUT2D eigenvalue weighted by molar-refractivity contribution is 5.82. The van der Waals surface area contributed by atoms with Crippen molar-refractivity contribution in [2.75, 3.05) is 0 Å². The van der Waals surface area contributed by atoms with Crippen molar-refractivity contribution in [3.63, 3.8) is 0 Å². The number of rotatable bonds is 4. The zero-order valence-corrected chi connectivity index (χ0v) is 11.5. The first-order chi connectivity index (χ1) is 8.41. The minimum Gasteiger partial charge on any atom is -0.463 e. The van der Waals surface area contributed by atoms with E-state index in [4.69, 9.17) is 9.47 Å². The van der Waals surface area contributed by atoms with Crippen LogP contribution in [0.15, 0.2) is 12.2 Å². The Morgan fingerprint density at radius 1 is 0.889 bits per heavy atom. The summed E-state index contributed by atoms with van der Waals surface area (Å²) in [5.74, 6) is -1.44. The van der Waals surface area contributed by atoms with Gasteiger partial charge in [-0.3, -0.25) is 9.59 Å². The fourth-order valence-electron chi connectivity index (χ4n) is 1.97. The lowest BCUT2D eigenvalue weighted by atomic mass is 9.83. The Bertz CT molecular complexity index is 299. The molecule has 0 saturated carbocycles. The van der Waals surface area contributed by atoms with Crippen molar-refractivity contribution in [2.45, 2.75) is 52.7 Å². The van der Waals surface area contributed by atoms with E-state index < -0.39 is 11.8 Å². The summed E-state index contributed by atoms with van der Waals surface area (Å²) >= 11 is 0. The van der Waals surface area contributed by atoms with Gasteiger partial charge in [-0.05, 0) is 40.5 Å². The Labute approximate surface area is 108 Å². The van der Waals surface area contributed by atoms with E-state index in [1.54, 1.807) is 27.7 Å². The van der Waals surface area contributed by atoms with E-state index in [2.05, 4.69) is 0 Å². The van der Waals surface area contributed by atoms with Gasteiger partial charge in [0.25, 0.3) is 0 Å². The second-order valence-corrected chi connectivity index (χ2v) is 5.13. The zero-order valence-electron chi connectivity index (χ0n) is 11.5. The minimum atomic E-state index is -0.413. The van der Waals surface area contributed by atoms with E-state index in [9.17, 15) is 9.59 Å². The maximum absolute atomic E-state index is 11.9. The summed E-state index contributed by atoms with van der Waals surface area (Å²) in [7, 11) is 0. The van der Waals surface area contributed by atoms with E-state index >= 15 is 0 Å². The van der Waals surface area contributed by atoms with Crippen molar-refractivity contribution in [3.8, 4) is 0 Å². The maximum atomic E-state index is 11.9. The molecule has 0 saturated heterocycles. The summed E-state index contributed by atoms with van der Waals surface area (Å²) in [6.07, 6.45) is 4.61. The van der Waals surface area contributed by atoms with Gasteiger partial charge in [0.2, 0.25) is 0 Å². The summed E-state index contributed by atoms with van der Waals surface area (Å²) < 4.78 is 10.4. The number of carbonyl (C=O) groups excluding carboxylic acids is 2. The summed E-state index contributed by atoms with van der Waals surface area (Å²) in [6, 6.07) is 0. The van der Waals surface area contributed by atoms with Crippen LogP contribution in [-0.2, 0) is 19.1 Å². The van der Waals surface area contributed by atoms with E-state index in [0.29, 0.717) is 12.8 Å². The standard InChI is InChI=1S/C14H22O4/c1-9(2)17-13(15)11-7-5-6-8-12(11)14(16)18-10(3)4/h5-6,9-12H,7-8H2,1-4H3/t11-,12+. The lowest BCUT2D eigenvalue weighted by Crippen LogP contribution is -2.35. The molecule has 2 atom stereocenters. The zero-order chi connectivity index (χ0) is 13.7. The molecule has 0 aromatic heterocycles. The van der Waals surface area contributed by atoms with Gasteiger partial charge in [-0.2, -0.15) is 0 Å². The Kier molecular flexibility index (Phi) is 5.38. The largest absolute Gasteiger partial charge is 0.463 e. The molecule has 102 valence electrons. The Morgan fingerprint density at radius 3 is 1.50 bits per heavy atom. The van der Waals surface area contributed by atoms with E-state index in [0.717, 1.165) is 0 Å². The average Bonchev–Trinajstić information content (AvgIpc) is 2.27. The normalized spacial score (nSPS) is 23.2. The van der Waals surface area contributed by atoms with Crippen molar-refractivity contribution >= 4 is 11.9 Å². The predicted molar refractivity (Wildman–Crippen MR) is 67.8 cm³/mol. The van der Waals surface area contributed by atoms with Crippen LogP contribution >= 0.6 is 0 Å². The smallest absolute Gasteiger partial charge is 0.310 e. The highest BCUT2D eigenvalue weighted by Crippen LogP contribution is 2.28. The molecular formula is C14H22O4. The lowest BCUT2D eigenvalue weighted by molar-refractivity contribution is -0.165. The molecule has 0 spiro atoms. The number of allylic oxidation sites excluding steroid dienone is 2. The molecule has 0 aromatic carbocycles. The average molecular weight is 254 g/mol. The van der Waals surface area contributed by atoms with Crippen molar-refractivity contribution in [1.82, 2.24) is 0 Å². The maximum Gasteiger partial charge on any atom is 0.310 e. The number of ether oxygens (including phenoxy) is 2. The molecule has 1 rings (SSSR count). The van der Waals surface area contributed by atoms with Gasteiger partial charge in [0, 0.05) is 0 Å². The predicted octanol–water partition coefficient (Wildman–Crippen LogP) is 2.47. The molecule has 0 aliphatic heterocycles. The minimum absolute atomic E-state index is 0.162. The van der Waals surface area contributed by atoms with Crippen LogP contribution in [0.25, 0.3) is 0 Å². The van der Waals surface area contributed by atoms with Crippen LogP contribution in [0, 0.1) is 11.8 Å². The van der Waals surface area contributed by atoms with Gasteiger partial charge in [-0.1, -0.05) is 12.2 Å². The van der Waals surface area contributed by atoms with Gasteiger partial charge in [0.05, 0.1) is 24.0 Å².